The SMILES string of the molecule is CC[C@H]1CN(Cc2noc(C)n2)CCN1C[C@H](C)O. The number of piperazine rings is 1. The lowest BCUT2D eigenvalue weighted by molar-refractivity contribution is 0.0326. The summed E-state index contributed by atoms with van der Waals surface area (Å²) < 4.78 is 5.00. The van der Waals surface area contributed by atoms with Gasteiger partial charge in [-0.25, -0.2) is 0 Å². The van der Waals surface area contributed by atoms with Gasteiger partial charge in [0.1, 0.15) is 0 Å². The van der Waals surface area contributed by atoms with Crippen LogP contribution in [0.25, 0.3) is 0 Å². The molecule has 0 amide bonds. The molecule has 19 heavy (non-hydrogen) atoms. The van der Waals surface area contributed by atoms with E-state index in [0.29, 0.717) is 11.9 Å². The smallest absolute Gasteiger partial charge is 0.223 e. The number of aliphatic hydroxyl groups excluding tert-OH is 1. The minimum atomic E-state index is -0.263. The Morgan fingerprint density at radius 2 is 2.26 bits per heavy atom. The van der Waals surface area contributed by atoms with Gasteiger partial charge < -0.3 is 9.63 Å². The zero-order valence-corrected chi connectivity index (χ0v) is 12.0. The van der Waals surface area contributed by atoms with Crippen molar-refractivity contribution < 1.29 is 9.63 Å². The first-order valence-electron chi connectivity index (χ1n) is 7.02. The second-order valence-corrected chi connectivity index (χ2v) is 5.37. The van der Waals surface area contributed by atoms with Crippen LogP contribution in [0.5, 0.6) is 0 Å². The van der Waals surface area contributed by atoms with Crippen LogP contribution in [0.1, 0.15) is 32.0 Å². The maximum atomic E-state index is 9.53. The minimum absolute atomic E-state index is 0.263. The molecule has 6 heteroatoms. The van der Waals surface area contributed by atoms with Gasteiger partial charge in [-0.05, 0) is 13.3 Å². The summed E-state index contributed by atoms with van der Waals surface area (Å²) in [5.41, 5.74) is 0. The van der Waals surface area contributed by atoms with E-state index in [-0.39, 0.29) is 6.10 Å². The molecule has 0 radical (unpaired) electrons. The highest BCUT2D eigenvalue weighted by molar-refractivity contribution is 4.88. The fraction of sp³-hybridized carbons (Fsp3) is 0.846. The number of hydrogen-bond acceptors (Lipinski definition) is 6. The van der Waals surface area contributed by atoms with E-state index in [9.17, 15) is 5.11 Å². The summed E-state index contributed by atoms with van der Waals surface area (Å²) in [5, 5.41) is 13.5. The van der Waals surface area contributed by atoms with Gasteiger partial charge in [0, 0.05) is 39.1 Å². The van der Waals surface area contributed by atoms with Crippen LogP contribution in [-0.2, 0) is 6.54 Å². The van der Waals surface area contributed by atoms with Crippen molar-refractivity contribution in [1.29, 1.82) is 0 Å². The molecule has 1 fully saturated rings. The first-order valence-corrected chi connectivity index (χ1v) is 7.02. The molecule has 2 atom stereocenters. The van der Waals surface area contributed by atoms with E-state index in [1.165, 1.54) is 0 Å². The third-order valence-electron chi connectivity index (χ3n) is 3.59. The Morgan fingerprint density at radius 3 is 2.84 bits per heavy atom. The van der Waals surface area contributed by atoms with Crippen molar-refractivity contribution in [2.75, 3.05) is 26.2 Å². The Labute approximate surface area is 114 Å². The van der Waals surface area contributed by atoms with E-state index >= 15 is 0 Å². The van der Waals surface area contributed by atoms with Gasteiger partial charge in [-0.15, -0.1) is 0 Å². The van der Waals surface area contributed by atoms with Crippen molar-refractivity contribution in [3.8, 4) is 0 Å². The van der Waals surface area contributed by atoms with Crippen molar-refractivity contribution in [3.05, 3.63) is 11.7 Å². The van der Waals surface area contributed by atoms with Gasteiger partial charge in [-0.3, -0.25) is 9.80 Å². The second-order valence-electron chi connectivity index (χ2n) is 5.37. The lowest BCUT2D eigenvalue weighted by Crippen LogP contribution is -2.54. The topological polar surface area (TPSA) is 65.6 Å². The lowest BCUT2D eigenvalue weighted by Gasteiger charge is -2.41. The number of hydrogen-bond donors (Lipinski definition) is 1. The van der Waals surface area contributed by atoms with Gasteiger partial charge >= 0.3 is 0 Å². The van der Waals surface area contributed by atoms with Crippen LogP contribution in [0, 0.1) is 6.92 Å². The highest BCUT2D eigenvalue weighted by atomic mass is 16.5. The Morgan fingerprint density at radius 1 is 1.47 bits per heavy atom. The van der Waals surface area contributed by atoms with E-state index in [1.54, 1.807) is 0 Å². The molecular weight excluding hydrogens is 244 g/mol. The van der Waals surface area contributed by atoms with E-state index in [0.717, 1.165) is 45.0 Å². The highest BCUT2D eigenvalue weighted by Crippen LogP contribution is 2.15. The monoisotopic (exact) mass is 268 g/mol. The largest absolute Gasteiger partial charge is 0.392 e. The Hall–Kier alpha value is -0.980. The third-order valence-corrected chi connectivity index (χ3v) is 3.59. The van der Waals surface area contributed by atoms with Crippen LogP contribution in [0.3, 0.4) is 0 Å². The summed E-state index contributed by atoms with van der Waals surface area (Å²) in [6.45, 7) is 10.3. The normalized spacial score (nSPS) is 23.7. The van der Waals surface area contributed by atoms with Crippen molar-refractivity contribution in [2.45, 2.75) is 45.9 Å². The van der Waals surface area contributed by atoms with Crippen LogP contribution in [0.2, 0.25) is 0 Å². The average Bonchev–Trinajstić information content (AvgIpc) is 2.76. The molecule has 1 aromatic heterocycles. The van der Waals surface area contributed by atoms with Crippen LogP contribution >= 0.6 is 0 Å². The molecule has 1 aliphatic rings. The zero-order chi connectivity index (χ0) is 13.8. The number of rotatable bonds is 5. The molecule has 0 saturated carbocycles. The zero-order valence-electron chi connectivity index (χ0n) is 12.0. The highest BCUT2D eigenvalue weighted by Gasteiger charge is 2.27. The van der Waals surface area contributed by atoms with Crippen LogP contribution in [0.15, 0.2) is 4.52 Å². The van der Waals surface area contributed by atoms with Gasteiger partial charge in [0.2, 0.25) is 5.89 Å². The second kappa shape index (κ2) is 6.45. The summed E-state index contributed by atoms with van der Waals surface area (Å²) in [7, 11) is 0. The molecule has 1 saturated heterocycles. The Bertz CT molecular complexity index is 394. The molecule has 0 aromatic carbocycles. The Kier molecular flexibility index (Phi) is 4.90. The van der Waals surface area contributed by atoms with Crippen molar-refractivity contribution >= 4 is 0 Å². The molecule has 0 unspecified atom stereocenters. The first kappa shape index (κ1) is 14.4. The average molecular weight is 268 g/mol. The minimum Gasteiger partial charge on any atom is -0.392 e. The Balaban J connectivity index is 1.89. The number of β-amino-alcohol motifs (C(OH)–C–C–N with tert-alkyl or cyclic N) is 1. The molecule has 0 aliphatic carbocycles. The standard InChI is InChI=1S/C13H24N4O2/c1-4-12-8-16(5-6-17(12)7-10(2)18)9-13-14-11(3)19-15-13/h10,12,18H,4-9H2,1-3H3/t10-,12-/m0/s1. The molecule has 6 nitrogen and oxygen atoms in total. The predicted molar refractivity (Wildman–Crippen MR) is 71.6 cm³/mol. The molecule has 1 N–H and O–H groups in total. The van der Waals surface area contributed by atoms with Crippen LogP contribution in [0.4, 0.5) is 0 Å². The van der Waals surface area contributed by atoms with Gasteiger partial charge in [0.05, 0.1) is 12.6 Å². The first-order chi connectivity index (χ1) is 9.08. The number of aliphatic hydroxyl groups is 1. The molecular formula is C13H24N4O2. The summed E-state index contributed by atoms with van der Waals surface area (Å²) >= 11 is 0. The van der Waals surface area contributed by atoms with Crippen molar-refractivity contribution in [2.24, 2.45) is 0 Å². The van der Waals surface area contributed by atoms with Gasteiger partial charge in [0.15, 0.2) is 5.82 Å². The quantitative estimate of drug-likeness (QED) is 0.846. The molecule has 2 rings (SSSR count). The van der Waals surface area contributed by atoms with E-state index < -0.39 is 0 Å². The summed E-state index contributed by atoms with van der Waals surface area (Å²) in [6, 6.07) is 0.497. The summed E-state index contributed by atoms with van der Waals surface area (Å²) in [5.74, 6) is 1.38. The van der Waals surface area contributed by atoms with Crippen molar-refractivity contribution in [1.82, 2.24) is 19.9 Å². The van der Waals surface area contributed by atoms with Gasteiger partial charge in [-0.1, -0.05) is 12.1 Å². The fourth-order valence-electron chi connectivity index (χ4n) is 2.67. The lowest BCUT2D eigenvalue weighted by atomic mass is 10.1. The molecule has 0 spiro atoms. The van der Waals surface area contributed by atoms with Gasteiger partial charge in [0.25, 0.3) is 0 Å². The molecule has 1 aromatic rings. The molecule has 1 aliphatic heterocycles. The van der Waals surface area contributed by atoms with E-state index in [1.807, 2.05) is 13.8 Å². The third kappa shape index (κ3) is 3.99. The summed E-state index contributed by atoms with van der Waals surface area (Å²) in [4.78, 5) is 8.99. The van der Waals surface area contributed by atoms with E-state index in [4.69, 9.17) is 4.52 Å². The summed E-state index contributed by atoms with van der Waals surface area (Å²) in [6.07, 6.45) is 0.828. The number of aromatic nitrogens is 2. The number of aryl methyl sites for hydroxylation is 1. The molecule has 2 heterocycles. The number of nitrogens with zero attached hydrogens (tertiary/aromatic N) is 4. The van der Waals surface area contributed by atoms with Crippen LogP contribution in [-0.4, -0.2) is 63.4 Å². The van der Waals surface area contributed by atoms with Gasteiger partial charge in [-0.2, -0.15) is 4.98 Å². The van der Waals surface area contributed by atoms with E-state index in [2.05, 4.69) is 26.9 Å². The molecule has 108 valence electrons. The maximum absolute atomic E-state index is 9.53. The predicted octanol–water partition coefficient (Wildman–Crippen LogP) is 0.655. The van der Waals surface area contributed by atoms with Crippen LogP contribution < -0.4 is 0 Å². The van der Waals surface area contributed by atoms with Crippen molar-refractivity contribution in [3.63, 3.8) is 0 Å². The fourth-order valence-corrected chi connectivity index (χ4v) is 2.67. The maximum Gasteiger partial charge on any atom is 0.223 e. The molecule has 0 bridgehead atoms.